The highest BCUT2D eigenvalue weighted by Gasteiger charge is 2.01. The van der Waals surface area contributed by atoms with Crippen LogP contribution in [-0.2, 0) is 6.54 Å². The molecule has 0 saturated heterocycles. The number of benzene rings is 1. The van der Waals surface area contributed by atoms with Crippen LogP contribution in [-0.4, -0.2) is 6.54 Å². The summed E-state index contributed by atoms with van der Waals surface area (Å²) in [6.45, 7) is 4.09. The van der Waals surface area contributed by atoms with E-state index in [-0.39, 0.29) is 0 Å². The van der Waals surface area contributed by atoms with Gasteiger partial charge < -0.3 is 5.32 Å². The summed E-state index contributed by atoms with van der Waals surface area (Å²) in [7, 11) is 0. The summed E-state index contributed by atoms with van der Waals surface area (Å²) in [6.07, 6.45) is 5.40. The zero-order valence-corrected chi connectivity index (χ0v) is 10.4. The summed E-state index contributed by atoms with van der Waals surface area (Å²) in [5, 5.41) is 7.12. The molecule has 1 N–H and O–H groups in total. The fourth-order valence-corrected chi connectivity index (χ4v) is 2.71. The van der Waals surface area contributed by atoms with E-state index in [0.29, 0.717) is 0 Å². The topological polar surface area (TPSA) is 12.0 Å². The molecule has 1 heterocycles. The number of rotatable bonds is 5. The maximum atomic E-state index is 3.47. The minimum Gasteiger partial charge on any atom is -0.312 e. The molecule has 2 heteroatoms. The van der Waals surface area contributed by atoms with Gasteiger partial charge in [0.05, 0.1) is 0 Å². The second kappa shape index (κ2) is 5.83. The van der Waals surface area contributed by atoms with Crippen LogP contribution < -0.4 is 5.32 Å². The third kappa shape index (κ3) is 2.71. The molecule has 0 bridgehead atoms. The first-order chi connectivity index (χ1) is 7.92. The first-order valence-corrected chi connectivity index (χ1v) is 6.57. The zero-order chi connectivity index (χ0) is 11.2. The van der Waals surface area contributed by atoms with Gasteiger partial charge in [-0.1, -0.05) is 30.4 Å². The summed E-state index contributed by atoms with van der Waals surface area (Å²) in [5.41, 5.74) is 1.42. The smallest absolute Gasteiger partial charge is 0.0346 e. The van der Waals surface area contributed by atoms with Crippen molar-refractivity contribution in [1.29, 1.82) is 0 Å². The highest BCUT2D eigenvalue weighted by atomic mass is 32.1. The summed E-state index contributed by atoms with van der Waals surface area (Å²) < 4.78 is 1.38. The van der Waals surface area contributed by atoms with Gasteiger partial charge in [0.1, 0.15) is 0 Å². The minimum atomic E-state index is 0.974. The van der Waals surface area contributed by atoms with E-state index < -0.39 is 0 Å². The van der Waals surface area contributed by atoms with Gasteiger partial charge in [-0.3, -0.25) is 0 Å². The Labute approximate surface area is 101 Å². The fourth-order valence-electron chi connectivity index (χ4n) is 1.74. The third-order valence-corrected chi connectivity index (χ3v) is 3.61. The Bertz CT molecular complexity index is 470. The lowest BCUT2D eigenvalue weighted by molar-refractivity contribution is 0.699. The lowest BCUT2D eigenvalue weighted by Crippen LogP contribution is -2.13. The van der Waals surface area contributed by atoms with Gasteiger partial charge in [0.2, 0.25) is 0 Å². The molecule has 0 saturated carbocycles. The molecule has 0 radical (unpaired) electrons. The monoisotopic (exact) mass is 231 g/mol. The Kier molecular flexibility index (Phi) is 4.14. The molecule has 0 aliphatic heterocycles. The Morgan fingerprint density at radius 3 is 3.06 bits per heavy atom. The lowest BCUT2D eigenvalue weighted by Gasteiger charge is -2.01. The SMILES string of the molecule is C/C=C/CCNCc1csc2ccccc12. The molecule has 16 heavy (non-hydrogen) atoms. The minimum absolute atomic E-state index is 0.974. The molecule has 1 aromatic heterocycles. The Balaban J connectivity index is 1.94. The molecule has 0 spiro atoms. The average Bonchev–Trinajstić information content (AvgIpc) is 2.73. The maximum Gasteiger partial charge on any atom is 0.0346 e. The van der Waals surface area contributed by atoms with E-state index in [0.717, 1.165) is 19.5 Å². The molecule has 2 rings (SSSR count). The van der Waals surface area contributed by atoms with E-state index in [9.17, 15) is 0 Å². The van der Waals surface area contributed by atoms with E-state index in [1.807, 2.05) is 11.3 Å². The second-order valence-corrected chi connectivity index (χ2v) is 4.70. The van der Waals surface area contributed by atoms with E-state index >= 15 is 0 Å². The Morgan fingerprint density at radius 2 is 2.19 bits per heavy atom. The third-order valence-electron chi connectivity index (χ3n) is 2.60. The molecule has 1 aromatic carbocycles. The molecular weight excluding hydrogens is 214 g/mol. The van der Waals surface area contributed by atoms with Crippen molar-refractivity contribution in [3.63, 3.8) is 0 Å². The van der Waals surface area contributed by atoms with Crippen molar-refractivity contribution in [3.05, 3.63) is 47.4 Å². The molecule has 0 unspecified atom stereocenters. The summed E-state index contributed by atoms with van der Waals surface area (Å²) >= 11 is 1.83. The van der Waals surface area contributed by atoms with Gasteiger partial charge in [-0.15, -0.1) is 11.3 Å². The van der Waals surface area contributed by atoms with E-state index in [2.05, 4.69) is 54.0 Å². The number of hydrogen-bond donors (Lipinski definition) is 1. The van der Waals surface area contributed by atoms with Gasteiger partial charge in [-0.25, -0.2) is 0 Å². The summed E-state index contributed by atoms with van der Waals surface area (Å²) in [6, 6.07) is 8.60. The van der Waals surface area contributed by atoms with Gasteiger partial charge >= 0.3 is 0 Å². The van der Waals surface area contributed by atoms with Crippen molar-refractivity contribution in [1.82, 2.24) is 5.32 Å². The standard InChI is InChI=1S/C14H17NS/c1-2-3-6-9-15-10-12-11-16-14-8-5-4-7-13(12)14/h2-5,7-8,11,15H,6,9-10H2,1H3/b3-2+. The molecule has 1 nitrogen and oxygen atoms in total. The quantitative estimate of drug-likeness (QED) is 0.606. The second-order valence-electron chi connectivity index (χ2n) is 3.79. The Morgan fingerprint density at radius 1 is 1.31 bits per heavy atom. The van der Waals surface area contributed by atoms with Crippen LogP contribution in [0.5, 0.6) is 0 Å². The zero-order valence-electron chi connectivity index (χ0n) is 9.57. The van der Waals surface area contributed by atoms with E-state index in [1.165, 1.54) is 15.6 Å². The van der Waals surface area contributed by atoms with Crippen LogP contribution >= 0.6 is 11.3 Å². The van der Waals surface area contributed by atoms with Gasteiger partial charge in [0.25, 0.3) is 0 Å². The van der Waals surface area contributed by atoms with Crippen LogP contribution in [0.1, 0.15) is 18.9 Å². The van der Waals surface area contributed by atoms with Gasteiger partial charge in [-0.2, -0.15) is 0 Å². The molecule has 0 fully saturated rings. The molecule has 84 valence electrons. The van der Waals surface area contributed by atoms with Crippen molar-refractivity contribution in [3.8, 4) is 0 Å². The van der Waals surface area contributed by atoms with Crippen molar-refractivity contribution in [2.24, 2.45) is 0 Å². The van der Waals surface area contributed by atoms with Crippen molar-refractivity contribution in [2.45, 2.75) is 19.9 Å². The number of nitrogens with one attached hydrogen (secondary N) is 1. The lowest BCUT2D eigenvalue weighted by atomic mass is 10.2. The fraction of sp³-hybridized carbons (Fsp3) is 0.286. The number of fused-ring (bicyclic) bond motifs is 1. The predicted molar refractivity (Wildman–Crippen MR) is 73.0 cm³/mol. The number of thiophene rings is 1. The summed E-state index contributed by atoms with van der Waals surface area (Å²) in [4.78, 5) is 0. The predicted octanol–water partition coefficient (Wildman–Crippen LogP) is 3.96. The van der Waals surface area contributed by atoms with Gasteiger partial charge in [-0.05, 0) is 42.3 Å². The maximum absolute atomic E-state index is 3.47. The Hall–Kier alpha value is -1.12. The largest absolute Gasteiger partial charge is 0.312 e. The summed E-state index contributed by atoms with van der Waals surface area (Å²) in [5.74, 6) is 0. The van der Waals surface area contributed by atoms with E-state index in [1.54, 1.807) is 0 Å². The number of hydrogen-bond acceptors (Lipinski definition) is 2. The van der Waals surface area contributed by atoms with Gasteiger partial charge in [0, 0.05) is 11.2 Å². The first kappa shape index (κ1) is 11.4. The molecule has 0 atom stereocenters. The van der Waals surface area contributed by atoms with Crippen molar-refractivity contribution in [2.75, 3.05) is 6.54 Å². The average molecular weight is 231 g/mol. The van der Waals surface area contributed by atoms with Crippen LogP contribution in [0.3, 0.4) is 0 Å². The van der Waals surface area contributed by atoms with Crippen LogP contribution in [0.4, 0.5) is 0 Å². The highest BCUT2D eigenvalue weighted by Crippen LogP contribution is 2.25. The molecule has 0 amide bonds. The molecular formula is C14H17NS. The van der Waals surface area contributed by atoms with Crippen LogP contribution in [0.25, 0.3) is 10.1 Å². The van der Waals surface area contributed by atoms with Crippen molar-refractivity contribution >= 4 is 21.4 Å². The van der Waals surface area contributed by atoms with E-state index in [4.69, 9.17) is 0 Å². The van der Waals surface area contributed by atoms with Crippen LogP contribution in [0.15, 0.2) is 41.8 Å². The molecule has 0 aliphatic carbocycles. The normalized spacial score (nSPS) is 11.6. The van der Waals surface area contributed by atoms with Crippen molar-refractivity contribution < 1.29 is 0 Å². The van der Waals surface area contributed by atoms with Gasteiger partial charge in [0.15, 0.2) is 0 Å². The highest BCUT2D eigenvalue weighted by molar-refractivity contribution is 7.17. The number of allylic oxidation sites excluding steroid dienone is 1. The first-order valence-electron chi connectivity index (χ1n) is 5.69. The molecule has 2 aromatic rings. The van der Waals surface area contributed by atoms with Crippen LogP contribution in [0.2, 0.25) is 0 Å². The van der Waals surface area contributed by atoms with Crippen LogP contribution in [0, 0.1) is 0 Å². The molecule has 0 aliphatic rings.